The van der Waals surface area contributed by atoms with Crippen LogP contribution in [0.1, 0.15) is 11.1 Å². The van der Waals surface area contributed by atoms with Crippen molar-refractivity contribution in [1.29, 1.82) is 0 Å². The SMILES string of the molecule is CN1CCN(CCc2ccccc2CN)c2ccccc21. The van der Waals surface area contributed by atoms with Crippen LogP contribution in [-0.2, 0) is 13.0 Å². The van der Waals surface area contributed by atoms with Crippen LogP contribution in [0.2, 0.25) is 0 Å². The lowest BCUT2D eigenvalue weighted by molar-refractivity contribution is 0.725. The topological polar surface area (TPSA) is 32.5 Å². The van der Waals surface area contributed by atoms with E-state index < -0.39 is 0 Å². The number of likely N-dealkylation sites (N-methyl/N-ethyl adjacent to an activating group) is 1. The molecule has 0 bridgehead atoms. The van der Waals surface area contributed by atoms with Gasteiger partial charge in [-0.25, -0.2) is 0 Å². The molecule has 0 spiro atoms. The van der Waals surface area contributed by atoms with Crippen molar-refractivity contribution in [3.05, 3.63) is 59.7 Å². The predicted molar refractivity (Wildman–Crippen MR) is 90.0 cm³/mol. The van der Waals surface area contributed by atoms with Crippen molar-refractivity contribution in [2.24, 2.45) is 5.73 Å². The fourth-order valence-corrected chi connectivity index (χ4v) is 3.05. The van der Waals surface area contributed by atoms with Crippen molar-refractivity contribution in [2.45, 2.75) is 13.0 Å². The van der Waals surface area contributed by atoms with Crippen molar-refractivity contribution in [1.82, 2.24) is 0 Å². The summed E-state index contributed by atoms with van der Waals surface area (Å²) in [7, 11) is 2.17. The predicted octanol–water partition coefficient (Wildman–Crippen LogP) is 2.64. The van der Waals surface area contributed by atoms with E-state index >= 15 is 0 Å². The van der Waals surface area contributed by atoms with Crippen LogP contribution in [0, 0.1) is 0 Å². The largest absolute Gasteiger partial charge is 0.371 e. The fourth-order valence-electron chi connectivity index (χ4n) is 3.05. The Morgan fingerprint density at radius 1 is 0.905 bits per heavy atom. The summed E-state index contributed by atoms with van der Waals surface area (Å²) in [6.45, 7) is 3.82. The molecule has 110 valence electrons. The fraction of sp³-hybridized carbons (Fsp3) is 0.333. The second kappa shape index (κ2) is 6.19. The maximum absolute atomic E-state index is 5.83. The van der Waals surface area contributed by atoms with E-state index in [0.29, 0.717) is 6.54 Å². The molecule has 1 heterocycles. The van der Waals surface area contributed by atoms with Crippen LogP contribution in [-0.4, -0.2) is 26.7 Å². The van der Waals surface area contributed by atoms with Crippen molar-refractivity contribution >= 4 is 11.4 Å². The van der Waals surface area contributed by atoms with Gasteiger partial charge in [0.25, 0.3) is 0 Å². The highest BCUT2D eigenvalue weighted by Gasteiger charge is 2.19. The normalized spacial score (nSPS) is 14.2. The highest BCUT2D eigenvalue weighted by atomic mass is 15.2. The zero-order valence-corrected chi connectivity index (χ0v) is 12.6. The molecule has 0 radical (unpaired) electrons. The van der Waals surface area contributed by atoms with E-state index in [2.05, 4.69) is 65.4 Å². The van der Waals surface area contributed by atoms with Crippen LogP contribution in [0.15, 0.2) is 48.5 Å². The molecule has 1 aliphatic heterocycles. The number of benzene rings is 2. The molecule has 2 N–H and O–H groups in total. The van der Waals surface area contributed by atoms with Gasteiger partial charge in [0.15, 0.2) is 0 Å². The summed E-state index contributed by atoms with van der Waals surface area (Å²) in [6.07, 6.45) is 1.05. The minimum atomic E-state index is 0.621. The number of rotatable bonds is 4. The molecule has 0 aliphatic carbocycles. The number of anilines is 2. The quantitative estimate of drug-likeness (QED) is 0.935. The second-order valence-corrected chi connectivity index (χ2v) is 5.62. The van der Waals surface area contributed by atoms with Gasteiger partial charge < -0.3 is 15.5 Å². The molecule has 1 aliphatic rings. The summed E-state index contributed by atoms with van der Waals surface area (Å²) in [5, 5.41) is 0. The molecule has 3 heteroatoms. The molecule has 0 amide bonds. The molecule has 3 nitrogen and oxygen atoms in total. The van der Waals surface area contributed by atoms with E-state index in [1.165, 1.54) is 22.5 Å². The number of para-hydroxylation sites is 2. The van der Waals surface area contributed by atoms with Crippen LogP contribution in [0.4, 0.5) is 11.4 Å². The van der Waals surface area contributed by atoms with Gasteiger partial charge in [-0.3, -0.25) is 0 Å². The summed E-state index contributed by atoms with van der Waals surface area (Å²) >= 11 is 0. The Labute approximate surface area is 127 Å². The molecule has 2 aromatic carbocycles. The average Bonchev–Trinajstić information content (AvgIpc) is 2.55. The summed E-state index contributed by atoms with van der Waals surface area (Å²) in [6, 6.07) is 17.2. The highest BCUT2D eigenvalue weighted by Crippen LogP contribution is 2.31. The molecule has 3 rings (SSSR count). The number of hydrogen-bond acceptors (Lipinski definition) is 3. The summed E-state index contributed by atoms with van der Waals surface area (Å²) < 4.78 is 0. The number of nitrogens with zero attached hydrogens (tertiary/aromatic N) is 2. The zero-order chi connectivity index (χ0) is 14.7. The van der Waals surface area contributed by atoms with Gasteiger partial charge in [0.05, 0.1) is 11.4 Å². The molecule has 0 atom stereocenters. The van der Waals surface area contributed by atoms with Crippen molar-refractivity contribution in [2.75, 3.05) is 36.5 Å². The number of nitrogens with two attached hydrogens (primary N) is 1. The minimum Gasteiger partial charge on any atom is -0.371 e. The molecular formula is C18H23N3. The Balaban J connectivity index is 1.76. The lowest BCUT2D eigenvalue weighted by Gasteiger charge is -2.37. The van der Waals surface area contributed by atoms with Gasteiger partial charge >= 0.3 is 0 Å². The van der Waals surface area contributed by atoms with Gasteiger partial charge in [-0.05, 0) is 29.7 Å². The number of fused-ring (bicyclic) bond motifs is 1. The van der Waals surface area contributed by atoms with Crippen molar-refractivity contribution in [3.63, 3.8) is 0 Å². The van der Waals surface area contributed by atoms with E-state index in [-0.39, 0.29) is 0 Å². The Bertz CT molecular complexity index is 609. The van der Waals surface area contributed by atoms with Gasteiger partial charge in [0.2, 0.25) is 0 Å². The minimum absolute atomic E-state index is 0.621. The van der Waals surface area contributed by atoms with Gasteiger partial charge in [-0.2, -0.15) is 0 Å². The van der Waals surface area contributed by atoms with Gasteiger partial charge in [0, 0.05) is 33.2 Å². The van der Waals surface area contributed by atoms with Crippen molar-refractivity contribution < 1.29 is 0 Å². The average molecular weight is 281 g/mol. The van der Waals surface area contributed by atoms with Crippen LogP contribution < -0.4 is 15.5 Å². The Morgan fingerprint density at radius 2 is 1.57 bits per heavy atom. The van der Waals surface area contributed by atoms with Crippen LogP contribution in [0.25, 0.3) is 0 Å². The third-order valence-electron chi connectivity index (χ3n) is 4.33. The third kappa shape index (κ3) is 2.88. The smallest absolute Gasteiger partial charge is 0.0604 e. The lowest BCUT2D eigenvalue weighted by atomic mass is 10.0. The second-order valence-electron chi connectivity index (χ2n) is 5.62. The molecule has 0 saturated carbocycles. The maximum Gasteiger partial charge on any atom is 0.0604 e. The molecule has 0 fully saturated rings. The van der Waals surface area contributed by atoms with E-state index in [0.717, 1.165) is 26.1 Å². The molecule has 0 unspecified atom stereocenters. The molecule has 2 aromatic rings. The molecule has 0 aromatic heterocycles. The van der Waals surface area contributed by atoms with Gasteiger partial charge in [0.1, 0.15) is 0 Å². The van der Waals surface area contributed by atoms with Crippen LogP contribution in [0.5, 0.6) is 0 Å². The summed E-state index contributed by atoms with van der Waals surface area (Å²) in [5.74, 6) is 0. The van der Waals surface area contributed by atoms with Crippen molar-refractivity contribution in [3.8, 4) is 0 Å². The standard InChI is InChI=1S/C18H23N3/c1-20-12-13-21(18-9-5-4-8-17(18)20)11-10-15-6-2-3-7-16(15)14-19/h2-9H,10-14,19H2,1H3. The number of hydrogen-bond donors (Lipinski definition) is 1. The summed E-state index contributed by atoms with van der Waals surface area (Å²) in [4.78, 5) is 4.82. The van der Waals surface area contributed by atoms with E-state index in [1.54, 1.807) is 0 Å². The molecular weight excluding hydrogens is 258 g/mol. The Hall–Kier alpha value is -2.00. The van der Waals surface area contributed by atoms with E-state index in [9.17, 15) is 0 Å². The molecule has 21 heavy (non-hydrogen) atoms. The first kappa shape index (κ1) is 14.0. The highest BCUT2D eigenvalue weighted by molar-refractivity contribution is 5.73. The van der Waals surface area contributed by atoms with E-state index in [4.69, 9.17) is 5.73 Å². The monoisotopic (exact) mass is 281 g/mol. The first-order valence-corrected chi connectivity index (χ1v) is 7.61. The first-order valence-electron chi connectivity index (χ1n) is 7.61. The van der Waals surface area contributed by atoms with E-state index in [1.807, 2.05) is 0 Å². The maximum atomic E-state index is 5.83. The Kier molecular flexibility index (Phi) is 4.11. The van der Waals surface area contributed by atoms with Gasteiger partial charge in [-0.15, -0.1) is 0 Å². The molecule has 0 saturated heterocycles. The van der Waals surface area contributed by atoms with Crippen LogP contribution >= 0.6 is 0 Å². The van der Waals surface area contributed by atoms with Crippen LogP contribution in [0.3, 0.4) is 0 Å². The zero-order valence-electron chi connectivity index (χ0n) is 12.6. The summed E-state index contributed by atoms with van der Waals surface area (Å²) in [5.41, 5.74) is 11.1. The third-order valence-corrected chi connectivity index (χ3v) is 4.33. The van der Waals surface area contributed by atoms with Gasteiger partial charge in [-0.1, -0.05) is 36.4 Å². The first-order chi connectivity index (χ1) is 10.3. The Morgan fingerprint density at radius 3 is 2.33 bits per heavy atom. The lowest BCUT2D eigenvalue weighted by Crippen LogP contribution is -2.40.